The van der Waals surface area contributed by atoms with Crippen LogP contribution in [0.3, 0.4) is 0 Å². The quantitative estimate of drug-likeness (QED) is 0.579. The largest absolute Gasteiger partial charge is 0.493 e. The number of guanidine groups is 1. The molecule has 3 rings (SSSR count). The van der Waals surface area contributed by atoms with Gasteiger partial charge >= 0.3 is 0 Å². The van der Waals surface area contributed by atoms with E-state index in [1.165, 1.54) is 0 Å². The van der Waals surface area contributed by atoms with Gasteiger partial charge in [-0.2, -0.15) is 0 Å². The number of benzene rings is 2. The molecule has 2 aromatic carbocycles. The van der Waals surface area contributed by atoms with Gasteiger partial charge in [0.1, 0.15) is 5.75 Å². The Balaban J connectivity index is 1.60. The lowest BCUT2D eigenvalue weighted by Crippen LogP contribution is -2.57. The van der Waals surface area contributed by atoms with Gasteiger partial charge in [0.15, 0.2) is 27.3 Å². The number of hydrogen-bond acceptors (Lipinski definition) is 5. The lowest BCUT2D eigenvalue weighted by atomic mass is 10.2. The van der Waals surface area contributed by atoms with Crippen molar-refractivity contribution < 1.29 is 17.9 Å². The van der Waals surface area contributed by atoms with Gasteiger partial charge in [-0.05, 0) is 43.7 Å². The van der Waals surface area contributed by atoms with E-state index in [0.29, 0.717) is 37.1 Å². The summed E-state index contributed by atoms with van der Waals surface area (Å²) < 4.78 is 34.9. The van der Waals surface area contributed by atoms with Gasteiger partial charge in [0.2, 0.25) is 0 Å². The molecule has 0 bridgehead atoms. The van der Waals surface area contributed by atoms with Gasteiger partial charge in [0, 0.05) is 26.7 Å². The fourth-order valence-electron chi connectivity index (χ4n) is 3.34. The van der Waals surface area contributed by atoms with Crippen molar-refractivity contribution in [1.29, 1.82) is 0 Å². The first-order valence-corrected chi connectivity index (χ1v) is 11.5. The zero-order valence-corrected chi connectivity index (χ0v) is 18.7. The van der Waals surface area contributed by atoms with Crippen LogP contribution in [-0.4, -0.2) is 57.0 Å². The number of hydrogen-bond donors (Lipinski definition) is 1. The summed E-state index contributed by atoms with van der Waals surface area (Å²) in [5, 5.41) is 3.33. The Kier molecular flexibility index (Phi) is 6.55. The Morgan fingerprint density at radius 3 is 2.40 bits per heavy atom. The van der Waals surface area contributed by atoms with Crippen LogP contribution in [0.4, 0.5) is 0 Å². The summed E-state index contributed by atoms with van der Waals surface area (Å²) in [4.78, 5) is 6.33. The molecular weight excluding hydrogens is 402 g/mol. The maximum atomic E-state index is 12.2. The van der Waals surface area contributed by atoms with E-state index in [4.69, 9.17) is 9.47 Å². The minimum Gasteiger partial charge on any atom is -0.493 e. The van der Waals surface area contributed by atoms with E-state index in [2.05, 4.69) is 10.3 Å². The molecule has 0 radical (unpaired) electrons. The van der Waals surface area contributed by atoms with Crippen LogP contribution in [0.1, 0.15) is 19.4 Å². The third kappa shape index (κ3) is 4.87. The average Bonchev–Trinajstić information content (AvgIpc) is 2.72. The van der Waals surface area contributed by atoms with E-state index in [9.17, 15) is 8.42 Å². The van der Waals surface area contributed by atoms with E-state index in [1.54, 1.807) is 28.0 Å². The van der Waals surface area contributed by atoms with Crippen LogP contribution < -0.4 is 14.8 Å². The molecular formula is C22H29N3O4S. The van der Waals surface area contributed by atoms with Crippen LogP contribution in [0.5, 0.6) is 17.2 Å². The number of ether oxygens (including phenoxy) is 2. The first-order valence-electron chi connectivity index (χ1n) is 9.83. The predicted molar refractivity (Wildman–Crippen MR) is 119 cm³/mol. The standard InChI is InChI=1S/C22H29N3O4S/c1-22(2)16-25(13-14-30(22,26)27)21(23-3)24-15-17-9-11-18(12-10-17)29-20-8-6-5-7-19(20)28-4/h5-12H,13-16H2,1-4H3,(H,23,24). The molecule has 7 nitrogen and oxygen atoms in total. The molecule has 0 aliphatic carbocycles. The molecule has 1 saturated heterocycles. The molecule has 0 atom stereocenters. The summed E-state index contributed by atoms with van der Waals surface area (Å²) in [6.45, 7) is 4.97. The molecule has 2 aromatic rings. The lowest BCUT2D eigenvalue weighted by Gasteiger charge is -2.39. The number of nitrogens with zero attached hydrogens (tertiary/aromatic N) is 2. The zero-order valence-electron chi connectivity index (χ0n) is 17.9. The summed E-state index contributed by atoms with van der Waals surface area (Å²) in [5.74, 6) is 2.89. The third-order valence-corrected chi connectivity index (χ3v) is 7.76. The minimum atomic E-state index is -3.09. The minimum absolute atomic E-state index is 0.135. The Morgan fingerprint density at radius 2 is 1.80 bits per heavy atom. The van der Waals surface area contributed by atoms with Crippen LogP contribution in [0.2, 0.25) is 0 Å². The average molecular weight is 432 g/mol. The topological polar surface area (TPSA) is 80.2 Å². The SMILES string of the molecule is CN=C(NCc1ccc(Oc2ccccc2OC)cc1)N1CCS(=O)(=O)C(C)(C)C1. The molecule has 1 aliphatic rings. The van der Waals surface area contributed by atoms with Crippen LogP contribution >= 0.6 is 0 Å². The Labute approximate surface area is 178 Å². The molecule has 0 amide bonds. The van der Waals surface area contributed by atoms with Crippen molar-refractivity contribution >= 4 is 15.8 Å². The molecule has 0 unspecified atom stereocenters. The van der Waals surface area contributed by atoms with E-state index >= 15 is 0 Å². The van der Waals surface area contributed by atoms with Gasteiger partial charge in [-0.3, -0.25) is 4.99 Å². The summed E-state index contributed by atoms with van der Waals surface area (Å²) in [6, 6.07) is 15.3. The smallest absolute Gasteiger partial charge is 0.193 e. The number of nitrogens with one attached hydrogen (secondary N) is 1. The second-order valence-electron chi connectivity index (χ2n) is 7.80. The van der Waals surface area contributed by atoms with Crippen molar-refractivity contribution in [2.75, 3.05) is 33.0 Å². The monoisotopic (exact) mass is 431 g/mol. The van der Waals surface area contributed by atoms with Gasteiger partial charge in [-0.1, -0.05) is 24.3 Å². The van der Waals surface area contributed by atoms with Gasteiger partial charge in [0.05, 0.1) is 17.6 Å². The Bertz CT molecular complexity index is 1000. The van der Waals surface area contributed by atoms with Crippen molar-refractivity contribution in [1.82, 2.24) is 10.2 Å². The Morgan fingerprint density at radius 1 is 1.13 bits per heavy atom. The van der Waals surface area contributed by atoms with E-state index < -0.39 is 14.6 Å². The van der Waals surface area contributed by atoms with Crippen LogP contribution in [-0.2, 0) is 16.4 Å². The number of rotatable bonds is 5. The first-order chi connectivity index (χ1) is 14.3. The van der Waals surface area contributed by atoms with Crippen molar-refractivity contribution in [3.63, 3.8) is 0 Å². The highest BCUT2D eigenvalue weighted by atomic mass is 32.2. The highest BCUT2D eigenvalue weighted by Gasteiger charge is 2.40. The lowest BCUT2D eigenvalue weighted by molar-refractivity contribution is 0.353. The molecule has 1 aliphatic heterocycles. The second-order valence-corrected chi connectivity index (χ2v) is 10.5. The number of para-hydroxylation sites is 2. The van der Waals surface area contributed by atoms with Gasteiger partial charge in [-0.25, -0.2) is 8.42 Å². The molecule has 0 aromatic heterocycles. The fourth-order valence-corrected chi connectivity index (χ4v) is 4.71. The third-order valence-electron chi connectivity index (χ3n) is 5.23. The number of methoxy groups -OCH3 is 1. The summed E-state index contributed by atoms with van der Waals surface area (Å²) in [6.07, 6.45) is 0. The molecule has 0 spiro atoms. The van der Waals surface area contributed by atoms with Gasteiger partial charge in [-0.15, -0.1) is 0 Å². The van der Waals surface area contributed by atoms with E-state index in [0.717, 1.165) is 11.3 Å². The van der Waals surface area contributed by atoms with Crippen molar-refractivity contribution in [2.24, 2.45) is 4.99 Å². The molecule has 8 heteroatoms. The normalized spacial score (nSPS) is 18.0. The fraction of sp³-hybridized carbons (Fsp3) is 0.409. The molecule has 1 fully saturated rings. The van der Waals surface area contributed by atoms with Crippen LogP contribution in [0.25, 0.3) is 0 Å². The summed E-state index contributed by atoms with van der Waals surface area (Å²) in [7, 11) is 0.239. The van der Waals surface area contributed by atoms with Crippen molar-refractivity contribution in [2.45, 2.75) is 25.1 Å². The highest BCUT2D eigenvalue weighted by Crippen LogP contribution is 2.31. The molecule has 162 valence electrons. The zero-order chi connectivity index (χ0) is 21.8. The summed E-state index contributed by atoms with van der Waals surface area (Å²) in [5.41, 5.74) is 1.06. The Hall–Kier alpha value is -2.74. The van der Waals surface area contributed by atoms with E-state index in [-0.39, 0.29) is 5.75 Å². The maximum Gasteiger partial charge on any atom is 0.193 e. The number of sulfone groups is 1. The van der Waals surface area contributed by atoms with Gasteiger partial charge < -0.3 is 19.7 Å². The summed E-state index contributed by atoms with van der Waals surface area (Å²) >= 11 is 0. The number of aliphatic imine (C=N–C) groups is 1. The molecule has 0 saturated carbocycles. The van der Waals surface area contributed by atoms with Crippen LogP contribution in [0.15, 0.2) is 53.5 Å². The van der Waals surface area contributed by atoms with Crippen LogP contribution in [0, 0.1) is 0 Å². The molecule has 1 heterocycles. The highest BCUT2D eigenvalue weighted by molar-refractivity contribution is 7.92. The van der Waals surface area contributed by atoms with Crippen molar-refractivity contribution in [3.8, 4) is 17.2 Å². The molecule has 30 heavy (non-hydrogen) atoms. The second kappa shape index (κ2) is 8.95. The van der Waals surface area contributed by atoms with Gasteiger partial charge in [0.25, 0.3) is 0 Å². The predicted octanol–water partition coefficient (Wildman–Crippen LogP) is 3.07. The van der Waals surface area contributed by atoms with Crippen molar-refractivity contribution in [3.05, 3.63) is 54.1 Å². The maximum absolute atomic E-state index is 12.2. The van der Waals surface area contributed by atoms with E-state index in [1.807, 2.05) is 53.4 Å². The molecule has 1 N–H and O–H groups in total. The first kappa shape index (κ1) is 22.0.